The number of amides is 2. The molecule has 0 saturated carbocycles. The summed E-state index contributed by atoms with van der Waals surface area (Å²) in [5, 5.41) is 0. The van der Waals surface area contributed by atoms with Gasteiger partial charge < -0.3 is 10.2 Å². The van der Waals surface area contributed by atoms with E-state index in [1.165, 1.54) is 4.90 Å². The minimum atomic E-state index is -0.774. The van der Waals surface area contributed by atoms with Gasteiger partial charge in [0, 0.05) is 6.54 Å². The molecule has 1 fully saturated rings. The fourth-order valence-electron chi connectivity index (χ4n) is 2.14. The van der Waals surface area contributed by atoms with Gasteiger partial charge in [-0.05, 0) is 13.3 Å². The minimum absolute atomic E-state index is 0.0456. The third kappa shape index (κ3) is 2.21. The molecule has 2 heterocycles. The molecule has 0 aromatic carbocycles. The molecule has 2 rings (SSSR count). The SMILES string of the molecule is CCCCN1C(=O)C2=C(C(=O)OCC)NN[C@H]2C1=O. The number of nitrogens with zero attached hydrogens (tertiary/aromatic N) is 1. The van der Waals surface area contributed by atoms with Gasteiger partial charge in [0.25, 0.3) is 11.8 Å². The van der Waals surface area contributed by atoms with E-state index in [2.05, 4.69) is 10.9 Å². The predicted octanol–water partition coefficient (Wildman–Crippen LogP) is -0.551. The summed E-state index contributed by atoms with van der Waals surface area (Å²) in [6.45, 7) is 4.25. The molecule has 0 unspecified atom stereocenters. The van der Waals surface area contributed by atoms with Crippen LogP contribution in [0.1, 0.15) is 26.7 Å². The highest BCUT2D eigenvalue weighted by Crippen LogP contribution is 2.26. The molecule has 7 heteroatoms. The van der Waals surface area contributed by atoms with Crippen molar-refractivity contribution in [3.63, 3.8) is 0 Å². The van der Waals surface area contributed by atoms with Crippen molar-refractivity contribution >= 4 is 17.8 Å². The molecule has 104 valence electrons. The molecule has 0 aliphatic carbocycles. The molecule has 2 N–H and O–H groups in total. The first-order valence-corrected chi connectivity index (χ1v) is 6.40. The molecule has 2 aliphatic heterocycles. The van der Waals surface area contributed by atoms with Crippen LogP contribution in [-0.4, -0.2) is 41.9 Å². The van der Waals surface area contributed by atoms with E-state index in [1.54, 1.807) is 6.92 Å². The number of imide groups is 1. The third-order valence-corrected chi connectivity index (χ3v) is 3.10. The smallest absolute Gasteiger partial charge is 0.356 e. The average molecular weight is 267 g/mol. The van der Waals surface area contributed by atoms with E-state index in [9.17, 15) is 14.4 Å². The van der Waals surface area contributed by atoms with Crippen molar-refractivity contribution in [1.82, 2.24) is 15.8 Å². The van der Waals surface area contributed by atoms with E-state index in [0.29, 0.717) is 6.54 Å². The van der Waals surface area contributed by atoms with E-state index >= 15 is 0 Å². The first-order valence-electron chi connectivity index (χ1n) is 6.40. The zero-order valence-electron chi connectivity index (χ0n) is 11.0. The fourth-order valence-corrected chi connectivity index (χ4v) is 2.14. The number of likely N-dealkylation sites (tertiary alicyclic amines) is 1. The quantitative estimate of drug-likeness (QED) is 0.513. The summed E-state index contributed by atoms with van der Waals surface area (Å²) in [5.74, 6) is -1.35. The van der Waals surface area contributed by atoms with Crippen molar-refractivity contribution < 1.29 is 19.1 Å². The molecular formula is C12H17N3O4. The van der Waals surface area contributed by atoms with Crippen LogP contribution in [0.25, 0.3) is 0 Å². The molecule has 0 radical (unpaired) electrons. The number of carbonyl (C=O) groups excluding carboxylic acids is 3. The van der Waals surface area contributed by atoms with Crippen LogP contribution in [0, 0.1) is 0 Å². The molecule has 7 nitrogen and oxygen atoms in total. The van der Waals surface area contributed by atoms with Gasteiger partial charge in [0.05, 0.1) is 12.2 Å². The van der Waals surface area contributed by atoms with Gasteiger partial charge >= 0.3 is 5.97 Å². The standard InChI is InChI=1S/C12H17N3O4/c1-3-5-6-15-10(16)7-8(11(15)17)13-14-9(7)12(18)19-4-2/h8,13-14H,3-6H2,1-2H3/t8-/m1/s1. The number of esters is 1. The van der Waals surface area contributed by atoms with Crippen molar-refractivity contribution in [2.75, 3.05) is 13.2 Å². The highest BCUT2D eigenvalue weighted by Gasteiger charge is 2.49. The maximum absolute atomic E-state index is 12.2. The van der Waals surface area contributed by atoms with E-state index in [-0.39, 0.29) is 23.8 Å². The van der Waals surface area contributed by atoms with Crippen molar-refractivity contribution in [2.24, 2.45) is 0 Å². The molecule has 2 amide bonds. The van der Waals surface area contributed by atoms with Crippen molar-refractivity contribution in [3.05, 3.63) is 11.3 Å². The summed E-state index contributed by atoms with van der Waals surface area (Å²) in [6, 6.07) is -0.774. The van der Waals surface area contributed by atoms with Gasteiger partial charge in [-0.2, -0.15) is 0 Å². The van der Waals surface area contributed by atoms with Crippen LogP contribution in [-0.2, 0) is 19.1 Å². The van der Waals surface area contributed by atoms with E-state index < -0.39 is 17.9 Å². The highest BCUT2D eigenvalue weighted by atomic mass is 16.5. The summed E-state index contributed by atoms with van der Waals surface area (Å²) in [5.41, 5.74) is 5.44. The van der Waals surface area contributed by atoms with Gasteiger partial charge in [-0.1, -0.05) is 13.3 Å². The monoisotopic (exact) mass is 267 g/mol. The zero-order valence-corrected chi connectivity index (χ0v) is 11.0. The van der Waals surface area contributed by atoms with E-state index in [4.69, 9.17) is 4.74 Å². The van der Waals surface area contributed by atoms with Crippen LogP contribution < -0.4 is 10.9 Å². The molecule has 1 saturated heterocycles. The molecule has 0 aromatic rings. The largest absolute Gasteiger partial charge is 0.461 e. The minimum Gasteiger partial charge on any atom is -0.461 e. The zero-order chi connectivity index (χ0) is 14.0. The van der Waals surface area contributed by atoms with Crippen molar-refractivity contribution in [1.29, 1.82) is 0 Å². The van der Waals surface area contributed by atoms with E-state index in [0.717, 1.165) is 12.8 Å². The summed E-state index contributed by atoms with van der Waals surface area (Å²) in [6.07, 6.45) is 1.64. The molecule has 0 aromatic heterocycles. The Labute approximate surface area is 110 Å². The maximum Gasteiger partial charge on any atom is 0.356 e. The van der Waals surface area contributed by atoms with Crippen LogP contribution in [0.4, 0.5) is 0 Å². The number of rotatable bonds is 5. The van der Waals surface area contributed by atoms with E-state index in [1.807, 2.05) is 6.92 Å². The van der Waals surface area contributed by atoms with Crippen molar-refractivity contribution in [2.45, 2.75) is 32.7 Å². The fraction of sp³-hybridized carbons (Fsp3) is 0.583. The number of carbonyl (C=O) groups is 3. The van der Waals surface area contributed by atoms with Crippen molar-refractivity contribution in [3.8, 4) is 0 Å². The molecule has 2 aliphatic rings. The lowest BCUT2D eigenvalue weighted by molar-refractivity contribution is -0.141. The van der Waals surface area contributed by atoms with Crippen LogP contribution in [0.15, 0.2) is 11.3 Å². The molecule has 19 heavy (non-hydrogen) atoms. The number of ether oxygens (including phenoxy) is 1. The Morgan fingerprint density at radius 1 is 1.37 bits per heavy atom. The maximum atomic E-state index is 12.2. The first-order chi connectivity index (χ1) is 9.11. The number of hydrogen-bond acceptors (Lipinski definition) is 6. The molecule has 1 atom stereocenters. The number of nitrogens with one attached hydrogen (secondary N) is 2. The first kappa shape index (κ1) is 13.5. The number of hydrazine groups is 1. The normalized spacial score (nSPS) is 21.8. The summed E-state index contributed by atoms with van der Waals surface area (Å²) in [4.78, 5) is 37.1. The summed E-state index contributed by atoms with van der Waals surface area (Å²) >= 11 is 0. The lowest BCUT2D eigenvalue weighted by atomic mass is 10.1. The average Bonchev–Trinajstić information content (AvgIpc) is 2.91. The topological polar surface area (TPSA) is 87.7 Å². The number of hydrogen-bond donors (Lipinski definition) is 2. The summed E-state index contributed by atoms with van der Waals surface area (Å²) < 4.78 is 4.85. The molecule has 0 spiro atoms. The van der Waals surface area contributed by atoms with Crippen LogP contribution in [0.2, 0.25) is 0 Å². The Bertz CT molecular complexity index is 458. The Kier molecular flexibility index (Phi) is 3.84. The summed E-state index contributed by atoms with van der Waals surface area (Å²) in [7, 11) is 0. The van der Waals surface area contributed by atoms with Gasteiger partial charge in [0.15, 0.2) is 0 Å². The van der Waals surface area contributed by atoms with Crippen LogP contribution in [0.5, 0.6) is 0 Å². The van der Waals surface area contributed by atoms with Gasteiger partial charge in [-0.15, -0.1) is 0 Å². The predicted molar refractivity (Wildman–Crippen MR) is 65.3 cm³/mol. The lowest BCUT2D eigenvalue weighted by Crippen LogP contribution is -2.42. The second-order valence-electron chi connectivity index (χ2n) is 4.36. The van der Waals surface area contributed by atoms with Gasteiger partial charge in [0.2, 0.25) is 0 Å². The number of fused-ring (bicyclic) bond motifs is 1. The van der Waals surface area contributed by atoms with Gasteiger partial charge in [0.1, 0.15) is 11.7 Å². The van der Waals surface area contributed by atoms with Crippen LogP contribution in [0.3, 0.4) is 0 Å². The third-order valence-electron chi connectivity index (χ3n) is 3.10. The Morgan fingerprint density at radius 3 is 2.74 bits per heavy atom. The Balaban J connectivity index is 2.25. The number of unbranched alkanes of at least 4 members (excludes halogenated alkanes) is 1. The Morgan fingerprint density at radius 2 is 2.11 bits per heavy atom. The Hall–Kier alpha value is -1.89. The highest BCUT2D eigenvalue weighted by molar-refractivity contribution is 6.20. The molecular weight excluding hydrogens is 250 g/mol. The molecule has 0 bridgehead atoms. The second kappa shape index (κ2) is 5.40. The van der Waals surface area contributed by atoms with Gasteiger partial charge in [-0.3, -0.25) is 14.5 Å². The van der Waals surface area contributed by atoms with Crippen LogP contribution >= 0.6 is 0 Å². The van der Waals surface area contributed by atoms with Gasteiger partial charge in [-0.25, -0.2) is 10.2 Å². The lowest BCUT2D eigenvalue weighted by Gasteiger charge is -2.15. The second-order valence-corrected chi connectivity index (χ2v) is 4.36.